The lowest BCUT2D eigenvalue weighted by Gasteiger charge is -2.03. The van der Waals surface area contributed by atoms with E-state index in [1.54, 1.807) is 30.7 Å². The van der Waals surface area contributed by atoms with E-state index in [1.165, 1.54) is 48.1 Å². The normalized spacial score (nSPS) is 13.8. The number of halogens is 1. The molecule has 0 bridgehead atoms. The number of nitrogens with zero attached hydrogens (tertiary/aromatic N) is 4. The molecule has 1 aliphatic carbocycles. The van der Waals surface area contributed by atoms with E-state index in [1.807, 2.05) is 10.8 Å². The minimum Gasteiger partial charge on any atom is -0.346 e. The van der Waals surface area contributed by atoms with Crippen molar-refractivity contribution >= 4 is 39.8 Å². The number of hydrogen-bond acceptors (Lipinski definition) is 6. The summed E-state index contributed by atoms with van der Waals surface area (Å²) in [6.45, 7) is 0.836. The van der Waals surface area contributed by atoms with Crippen molar-refractivity contribution in [3.8, 4) is 0 Å². The lowest BCUT2D eigenvalue weighted by molar-refractivity contribution is 0.0994. The van der Waals surface area contributed by atoms with Crippen LogP contribution in [-0.2, 0) is 13.0 Å². The summed E-state index contributed by atoms with van der Waals surface area (Å²) in [7, 11) is 0. The van der Waals surface area contributed by atoms with Gasteiger partial charge in [-0.05, 0) is 54.8 Å². The van der Waals surface area contributed by atoms with Crippen LogP contribution in [0.25, 0.3) is 10.9 Å². The highest BCUT2D eigenvalue weighted by molar-refractivity contribution is 8.01. The second-order valence-electron chi connectivity index (χ2n) is 7.11. The van der Waals surface area contributed by atoms with Crippen LogP contribution >= 0.6 is 23.1 Å². The Morgan fingerprint density at radius 2 is 2.07 bits per heavy atom. The smallest absolute Gasteiger partial charge is 0.193 e. The highest BCUT2D eigenvalue weighted by atomic mass is 32.2. The van der Waals surface area contributed by atoms with Crippen LogP contribution in [0.2, 0.25) is 0 Å². The zero-order valence-corrected chi connectivity index (χ0v) is 17.0. The number of benzene rings is 1. The van der Waals surface area contributed by atoms with Crippen molar-refractivity contribution < 1.29 is 9.18 Å². The van der Waals surface area contributed by atoms with Crippen LogP contribution in [0.3, 0.4) is 0 Å². The van der Waals surface area contributed by atoms with E-state index in [4.69, 9.17) is 0 Å². The molecular formula is C21H17FN4OS2. The Hall–Kier alpha value is -2.58. The van der Waals surface area contributed by atoms with E-state index in [2.05, 4.69) is 15.0 Å². The van der Waals surface area contributed by atoms with Gasteiger partial charge in [-0.1, -0.05) is 0 Å². The van der Waals surface area contributed by atoms with Gasteiger partial charge in [0.25, 0.3) is 0 Å². The number of ketones is 1. The second-order valence-corrected chi connectivity index (χ2v) is 9.49. The van der Waals surface area contributed by atoms with Crippen molar-refractivity contribution in [2.45, 2.75) is 35.2 Å². The summed E-state index contributed by atoms with van der Waals surface area (Å²) in [5.74, 6) is 0.352. The molecule has 0 N–H and O–H groups in total. The molecule has 0 amide bonds. The van der Waals surface area contributed by atoms with Crippen LogP contribution in [0.1, 0.15) is 28.2 Å². The number of hydrogen-bond donors (Lipinski definition) is 0. The van der Waals surface area contributed by atoms with Crippen LogP contribution in [-0.4, -0.2) is 25.3 Å². The van der Waals surface area contributed by atoms with Crippen molar-refractivity contribution in [1.82, 2.24) is 19.5 Å². The molecule has 0 saturated heterocycles. The quantitative estimate of drug-likeness (QED) is 0.308. The third-order valence-electron chi connectivity index (χ3n) is 4.87. The third kappa shape index (κ3) is 4.09. The van der Waals surface area contributed by atoms with Gasteiger partial charge in [0, 0.05) is 36.1 Å². The fraction of sp³-hybridized carbons (Fsp3) is 0.238. The molecule has 1 saturated carbocycles. The predicted molar refractivity (Wildman–Crippen MR) is 111 cm³/mol. The molecule has 3 heterocycles. The van der Waals surface area contributed by atoms with E-state index in [0.717, 1.165) is 26.7 Å². The van der Waals surface area contributed by atoms with Crippen molar-refractivity contribution in [1.29, 1.82) is 0 Å². The summed E-state index contributed by atoms with van der Waals surface area (Å²) in [6.07, 6.45) is 9.64. The summed E-state index contributed by atoms with van der Waals surface area (Å²) >= 11 is 2.90. The number of fused-ring (bicyclic) bond motifs is 1. The first-order valence-electron chi connectivity index (χ1n) is 9.37. The highest BCUT2D eigenvalue weighted by Gasteiger charge is 2.24. The molecule has 1 aliphatic rings. The first-order valence-corrected chi connectivity index (χ1v) is 11.0. The van der Waals surface area contributed by atoms with Crippen LogP contribution in [0.15, 0.2) is 58.4 Å². The van der Waals surface area contributed by atoms with Crippen LogP contribution in [0.5, 0.6) is 0 Å². The average Bonchev–Trinajstić information content (AvgIpc) is 3.32. The van der Waals surface area contributed by atoms with Crippen molar-refractivity contribution in [3.05, 3.63) is 65.4 Å². The standard InChI is InChI=1S/C21H17FN4OS2/c22-14-4-5-15-16(12-26(17(15)8-14)11-13-2-3-13)18(27)9-19-25-10-20(28-19)29-21-23-6-1-7-24-21/h1,4-8,10,12-13H,2-3,9,11H2. The minimum absolute atomic E-state index is 0.00184. The molecule has 5 nitrogen and oxygen atoms in total. The van der Waals surface area contributed by atoms with Gasteiger partial charge >= 0.3 is 0 Å². The Kier molecular flexibility index (Phi) is 4.89. The van der Waals surface area contributed by atoms with E-state index < -0.39 is 0 Å². The van der Waals surface area contributed by atoms with Crippen molar-refractivity contribution in [2.24, 2.45) is 5.92 Å². The molecule has 0 radical (unpaired) electrons. The SMILES string of the molecule is O=C(Cc1ncc(Sc2ncccn2)s1)c1cn(CC2CC2)c2cc(F)ccc12. The van der Waals surface area contributed by atoms with E-state index in [9.17, 15) is 9.18 Å². The maximum Gasteiger partial charge on any atom is 0.193 e. The largest absolute Gasteiger partial charge is 0.346 e. The Bertz CT molecular complexity index is 1180. The summed E-state index contributed by atoms with van der Waals surface area (Å²) in [5, 5.41) is 2.21. The third-order valence-corrected chi connectivity index (χ3v) is 6.87. The molecule has 29 heavy (non-hydrogen) atoms. The molecule has 0 spiro atoms. The average molecular weight is 425 g/mol. The Morgan fingerprint density at radius 1 is 1.24 bits per heavy atom. The van der Waals surface area contributed by atoms with E-state index >= 15 is 0 Å². The zero-order chi connectivity index (χ0) is 19.8. The van der Waals surface area contributed by atoms with Gasteiger partial charge in [-0.3, -0.25) is 4.79 Å². The Balaban J connectivity index is 1.37. The summed E-state index contributed by atoms with van der Waals surface area (Å²) in [6, 6.07) is 6.41. The van der Waals surface area contributed by atoms with Gasteiger partial charge in [-0.15, -0.1) is 11.3 Å². The zero-order valence-electron chi connectivity index (χ0n) is 15.4. The summed E-state index contributed by atoms with van der Waals surface area (Å²) in [4.78, 5) is 25.8. The fourth-order valence-electron chi connectivity index (χ4n) is 3.30. The maximum absolute atomic E-state index is 13.8. The molecule has 0 atom stereocenters. The van der Waals surface area contributed by atoms with E-state index in [0.29, 0.717) is 16.6 Å². The Morgan fingerprint density at radius 3 is 2.86 bits per heavy atom. The van der Waals surface area contributed by atoms with Crippen molar-refractivity contribution in [2.75, 3.05) is 0 Å². The highest BCUT2D eigenvalue weighted by Crippen LogP contribution is 2.34. The summed E-state index contributed by atoms with van der Waals surface area (Å²) < 4.78 is 16.8. The fourth-order valence-corrected chi connectivity index (χ4v) is 5.14. The summed E-state index contributed by atoms with van der Waals surface area (Å²) in [5.41, 5.74) is 1.42. The molecule has 146 valence electrons. The predicted octanol–water partition coefficient (Wildman–Crippen LogP) is 5.01. The monoisotopic (exact) mass is 424 g/mol. The topological polar surface area (TPSA) is 60.7 Å². The first kappa shape index (κ1) is 18.4. The second kappa shape index (κ2) is 7.68. The molecule has 3 aromatic heterocycles. The number of Topliss-reactive ketones (excluding diaryl/α,β-unsaturated/α-hetero) is 1. The van der Waals surface area contributed by atoms with Gasteiger partial charge in [-0.25, -0.2) is 19.3 Å². The van der Waals surface area contributed by atoms with Gasteiger partial charge in [0.05, 0.1) is 22.3 Å². The van der Waals surface area contributed by atoms with Crippen molar-refractivity contribution in [3.63, 3.8) is 0 Å². The lowest BCUT2D eigenvalue weighted by atomic mass is 10.1. The molecule has 0 aliphatic heterocycles. The molecule has 1 aromatic carbocycles. The van der Waals surface area contributed by atoms with Gasteiger partial charge in [-0.2, -0.15) is 0 Å². The molecule has 8 heteroatoms. The van der Waals surface area contributed by atoms with Gasteiger partial charge < -0.3 is 4.57 Å². The molecule has 4 aromatic rings. The number of rotatable bonds is 7. The molecule has 5 rings (SSSR count). The number of aromatic nitrogens is 4. The minimum atomic E-state index is -0.281. The maximum atomic E-state index is 13.8. The van der Waals surface area contributed by atoms with E-state index in [-0.39, 0.29) is 18.0 Å². The number of carbonyl (C=O) groups excluding carboxylic acids is 1. The van der Waals surface area contributed by atoms with Crippen LogP contribution in [0, 0.1) is 11.7 Å². The number of carbonyl (C=O) groups is 1. The van der Waals surface area contributed by atoms with Crippen LogP contribution in [0.4, 0.5) is 4.39 Å². The lowest BCUT2D eigenvalue weighted by Crippen LogP contribution is -2.03. The van der Waals surface area contributed by atoms with Gasteiger partial charge in [0.2, 0.25) is 0 Å². The molecular weight excluding hydrogens is 407 g/mol. The first-order chi connectivity index (χ1) is 14.2. The Labute approximate surface area is 175 Å². The molecule has 0 unspecified atom stereocenters. The number of thiazole rings is 1. The van der Waals surface area contributed by atoms with Gasteiger partial charge in [0.1, 0.15) is 10.8 Å². The van der Waals surface area contributed by atoms with Crippen LogP contribution < -0.4 is 0 Å². The molecule has 1 fully saturated rings. The van der Waals surface area contributed by atoms with Gasteiger partial charge in [0.15, 0.2) is 10.9 Å².